The summed E-state index contributed by atoms with van der Waals surface area (Å²) < 4.78 is 10.5. The topological polar surface area (TPSA) is 119 Å². The summed E-state index contributed by atoms with van der Waals surface area (Å²) in [4.78, 5) is 30.6. The largest absolute Gasteiger partial charge is 0.491 e. The number of ether oxygens (including phenoxy) is 2. The van der Waals surface area contributed by atoms with Gasteiger partial charge in [-0.3, -0.25) is 14.6 Å². The van der Waals surface area contributed by atoms with Gasteiger partial charge in [-0.15, -0.1) is 11.8 Å². The summed E-state index contributed by atoms with van der Waals surface area (Å²) in [6, 6.07) is 8.40. The van der Waals surface area contributed by atoms with Crippen LogP contribution in [0.1, 0.15) is 16.1 Å². The Kier molecular flexibility index (Phi) is 6.34. The number of hydrogen-bond donors (Lipinski definition) is 1. The van der Waals surface area contributed by atoms with Crippen LogP contribution in [0.3, 0.4) is 0 Å². The summed E-state index contributed by atoms with van der Waals surface area (Å²) in [5.74, 6) is 0.852. The zero-order valence-corrected chi connectivity index (χ0v) is 16.2. The summed E-state index contributed by atoms with van der Waals surface area (Å²) >= 11 is 1.54. The molecule has 0 aliphatic carbocycles. The number of methoxy groups -OCH3 is 1. The maximum atomic E-state index is 12.6. The van der Waals surface area contributed by atoms with Crippen molar-refractivity contribution in [3.63, 3.8) is 0 Å². The lowest BCUT2D eigenvalue weighted by Gasteiger charge is -2.18. The molecule has 0 radical (unpaired) electrons. The summed E-state index contributed by atoms with van der Waals surface area (Å²) in [6.07, 6.45) is 0.00104. The quantitative estimate of drug-likeness (QED) is 0.696. The zero-order valence-electron chi connectivity index (χ0n) is 15.4. The highest BCUT2D eigenvalue weighted by atomic mass is 32.2. The first-order chi connectivity index (χ1) is 13.5. The van der Waals surface area contributed by atoms with E-state index in [0.29, 0.717) is 47.2 Å². The molecule has 8 nitrogen and oxygen atoms in total. The van der Waals surface area contributed by atoms with Gasteiger partial charge in [0.25, 0.3) is 0 Å². The molecule has 3 rings (SSSR count). The Morgan fingerprint density at radius 2 is 2.21 bits per heavy atom. The lowest BCUT2D eigenvalue weighted by molar-refractivity contribution is -0.130. The van der Waals surface area contributed by atoms with E-state index >= 15 is 0 Å². The smallest absolute Gasteiger partial charge is 0.249 e. The predicted molar refractivity (Wildman–Crippen MR) is 105 cm³/mol. The molecule has 1 aromatic heterocycles. The van der Waals surface area contributed by atoms with E-state index in [0.717, 1.165) is 0 Å². The number of benzene rings is 1. The van der Waals surface area contributed by atoms with Crippen molar-refractivity contribution >= 4 is 34.5 Å². The molecule has 0 saturated carbocycles. The number of nitrogens with two attached hydrogens (primary N) is 1. The number of thioether (sulfide) groups is 1. The number of primary amides is 1. The molecular weight excluding hydrogens is 380 g/mol. The normalized spacial score (nSPS) is 16.1. The van der Waals surface area contributed by atoms with Crippen molar-refractivity contribution < 1.29 is 19.1 Å². The number of carbonyl (C=O) groups excluding carboxylic acids is 2. The number of hydrogen-bond acceptors (Lipinski definition) is 7. The van der Waals surface area contributed by atoms with E-state index in [1.54, 1.807) is 25.3 Å². The van der Waals surface area contributed by atoms with Crippen LogP contribution in [0.5, 0.6) is 5.75 Å². The summed E-state index contributed by atoms with van der Waals surface area (Å²) in [5.41, 5.74) is 6.81. The minimum atomic E-state index is -0.609. The number of aromatic nitrogens is 1. The van der Waals surface area contributed by atoms with Crippen LogP contribution in [0.4, 0.5) is 0 Å². The molecule has 28 heavy (non-hydrogen) atoms. The first-order valence-corrected chi connectivity index (χ1v) is 9.81. The molecule has 1 aliphatic rings. The number of nitriles is 1. The molecule has 2 N–H and O–H groups in total. The fraction of sp³-hybridized carbons (Fsp3) is 0.368. The van der Waals surface area contributed by atoms with Gasteiger partial charge in [-0.05, 0) is 24.3 Å². The minimum Gasteiger partial charge on any atom is -0.491 e. The molecule has 0 spiro atoms. The van der Waals surface area contributed by atoms with Crippen LogP contribution in [0.15, 0.2) is 24.3 Å². The highest BCUT2D eigenvalue weighted by Crippen LogP contribution is 2.25. The van der Waals surface area contributed by atoms with E-state index in [1.807, 2.05) is 0 Å². The fourth-order valence-corrected chi connectivity index (χ4v) is 4.04. The second-order valence-corrected chi connectivity index (χ2v) is 7.23. The number of fused-ring (bicyclic) bond motifs is 1. The molecule has 9 heteroatoms. The Hall–Kier alpha value is -2.83. The molecule has 1 fully saturated rings. The van der Waals surface area contributed by atoms with Crippen LogP contribution in [0, 0.1) is 11.3 Å². The average Bonchev–Trinajstić information content (AvgIpc) is 3.16. The highest BCUT2D eigenvalue weighted by Gasteiger charge is 2.29. The van der Waals surface area contributed by atoms with E-state index in [-0.39, 0.29) is 17.9 Å². The second-order valence-electron chi connectivity index (χ2n) is 6.23. The molecule has 1 saturated heterocycles. The van der Waals surface area contributed by atoms with Gasteiger partial charge >= 0.3 is 0 Å². The maximum absolute atomic E-state index is 12.6. The third-order valence-electron chi connectivity index (χ3n) is 4.34. The molecule has 2 amide bonds. The van der Waals surface area contributed by atoms with Crippen molar-refractivity contribution in [1.82, 2.24) is 9.88 Å². The lowest BCUT2D eigenvalue weighted by Crippen LogP contribution is -2.36. The van der Waals surface area contributed by atoms with Gasteiger partial charge in [-0.2, -0.15) is 5.26 Å². The van der Waals surface area contributed by atoms with Crippen molar-refractivity contribution in [2.45, 2.75) is 12.5 Å². The first-order valence-electron chi connectivity index (χ1n) is 8.65. The Balaban J connectivity index is 1.88. The molecule has 146 valence electrons. The van der Waals surface area contributed by atoms with Gasteiger partial charge in [0, 0.05) is 18.2 Å². The second kappa shape index (κ2) is 8.91. The van der Waals surface area contributed by atoms with E-state index in [4.69, 9.17) is 20.5 Å². The Labute approximate surface area is 166 Å². The van der Waals surface area contributed by atoms with Crippen LogP contribution < -0.4 is 10.5 Å². The number of pyridine rings is 1. The average molecular weight is 400 g/mol. The van der Waals surface area contributed by atoms with Gasteiger partial charge in [-0.25, -0.2) is 0 Å². The fourth-order valence-electron chi connectivity index (χ4n) is 2.94. The van der Waals surface area contributed by atoms with Gasteiger partial charge in [0.15, 0.2) is 0 Å². The Bertz CT molecular complexity index is 943. The number of amides is 2. The third-order valence-corrected chi connectivity index (χ3v) is 5.35. The molecule has 2 aromatic rings. The van der Waals surface area contributed by atoms with Crippen molar-refractivity contribution in [3.05, 3.63) is 35.5 Å². The van der Waals surface area contributed by atoms with Crippen LogP contribution in [0.2, 0.25) is 0 Å². The molecule has 1 aliphatic heterocycles. The van der Waals surface area contributed by atoms with Crippen molar-refractivity contribution in [2.24, 2.45) is 5.73 Å². The zero-order chi connectivity index (χ0) is 20.1. The van der Waals surface area contributed by atoms with Crippen LogP contribution in [-0.4, -0.2) is 59.7 Å². The standard InChI is InChI=1S/C19H20N4O4S/c1-26-4-5-27-14-2-3-17-15(8-14)16(19(21)25)6-12(22-17)7-18(24)23-11-28-10-13(23)9-20/h2-3,6,8,13H,4-5,7,10-11H2,1H3,(H2,21,25). The number of rotatable bonds is 7. The Morgan fingerprint density at radius 1 is 1.39 bits per heavy atom. The van der Waals surface area contributed by atoms with Crippen LogP contribution >= 0.6 is 11.8 Å². The Morgan fingerprint density at radius 3 is 2.93 bits per heavy atom. The van der Waals surface area contributed by atoms with Crippen LogP contribution in [-0.2, 0) is 16.0 Å². The van der Waals surface area contributed by atoms with Crippen LogP contribution in [0.25, 0.3) is 10.9 Å². The SMILES string of the molecule is COCCOc1ccc2nc(CC(=O)N3CSCC3C#N)cc(C(N)=O)c2c1. The van der Waals surface area contributed by atoms with Gasteiger partial charge in [0.2, 0.25) is 11.8 Å². The van der Waals surface area contributed by atoms with E-state index in [2.05, 4.69) is 11.1 Å². The highest BCUT2D eigenvalue weighted by molar-refractivity contribution is 7.99. The summed E-state index contributed by atoms with van der Waals surface area (Å²) in [7, 11) is 1.58. The molecule has 1 aromatic carbocycles. The third kappa shape index (κ3) is 4.35. The van der Waals surface area contributed by atoms with Crippen molar-refractivity contribution in [2.75, 3.05) is 32.0 Å². The van der Waals surface area contributed by atoms with E-state index in [1.165, 1.54) is 22.7 Å². The number of carbonyl (C=O) groups is 2. The van der Waals surface area contributed by atoms with E-state index < -0.39 is 11.9 Å². The van der Waals surface area contributed by atoms with Gasteiger partial charge in [0.05, 0.1) is 41.7 Å². The molecule has 0 bridgehead atoms. The van der Waals surface area contributed by atoms with Gasteiger partial charge < -0.3 is 20.1 Å². The van der Waals surface area contributed by atoms with Gasteiger partial charge in [0.1, 0.15) is 18.4 Å². The van der Waals surface area contributed by atoms with E-state index in [9.17, 15) is 9.59 Å². The minimum absolute atomic E-state index is 0.00104. The lowest BCUT2D eigenvalue weighted by atomic mass is 10.1. The molecular formula is C19H20N4O4S. The molecule has 1 unspecified atom stereocenters. The summed E-state index contributed by atoms with van der Waals surface area (Å²) in [6.45, 7) is 0.820. The van der Waals surface area contributed by atoms with Crippen molar-refractivity contribution in [3.8, 4) is 11.8 Å². The number of nitrogens with zero attached hydrogens (tertiary/aromatic N) is 3. The maximum Gasteiger partial charge on any atom is 0.249 e. The first kappa shape index (κ1) is 19.9. The molecule has 2 heterocycles. The summed E-state index contributed by atoms with van der Waals surface area (Å²) in [5, 5.41) is 9.72. The van der Waals surface area contributed by atoms with Crippen molar-refractivity contribution in [1.29, 1.82) is 5.26 Å². The predicted octanol–water partition coefficient (Wildman–Crippen LogP) is 1.33. The monoisotopic (exact) mass is 400 g/mol. The molecule has 1 atom stereocenters. The van der Waals surface area contributed by atoms with Gasteiger partial charge in [-0.1, -0.05) is 0 Å².